The molecule has 0 radical (unpaired) electrons. The second kappa shape index (κ2) is 7.69. The van der Waals surface area contributed by atoms with Gasteiger partial charge in [-0.3, -0.25) is 0 Å². The molecule has 2 aromatic heterocycles. The molecular weight excluding hydrogens is 338 g/mol. The van der Waals surface area contributed by atoms with Gasteiger partial charge in [0, 0.05) is 18.9 Å². The number of nitrogens with zero attached hydrogens (tertiary/aromatic N) is 3. The molecule has 2 heterocycles. The predicted octanol–water partition coefficient (Wildman–Crippen LogP) is 4.77. The quantitative estimate of drug-likeness (QED) is 0.630. The van der Waals surface area contributed by atoms with Crippen LogP contribution in [0.2, 0.25) is 0 Å². The highest BCUT2D eigenvalue weighted by atomic mass is 16.5. The van der Waals surface area contributed by atoms with Gasteiger partial charge in [-0.1, -0.05) is 24.6 Å². The number of benzene rings is 1. The Hall–Kier alpha value is -2.40. The summed E-state index contributed by atoms with van der Waals surface area (Å²) in [5, 5.41) is 5.80. The van der Waals surface area contributed by atoms with Crippen molar-refractivity contribution in [3.63, 3.8) is 0 Å². The first-order chi connectivity index (χ1) is 12.8. The number of hydrogen-bond acceptors (Lipinski definition) is 4. The van der Waals surface area contributed by atoms with Crippen molar-refractivity contribution in [2.75, 3.05) is 13.7 Å². The Morgan fingerprint density at radius 3 is 2.30 bits per heavy atom. The largest absolute Gasteiger partial charge is 0.487 e. The number of hydrogen-bond donors (Lipinski definition) is 0. The van der Waals surface area contributed by atoms with E-state index in [1.54, 1.807) is 7.11 Å². The minimum Gasteiger partial charge on any atom is -0.487 e. The Labute approximate surface area is 161 Å². The smallest absolute Gasteiger partial charge is 0.167 e. The maximum atomic E-state index is 6.29. The van der Waals surface area contributed by atoms with E-state index in [9.17, 15) is 0 Å². The lowest BCUT2D eigenvalue weighted by Crippen LogP contribution is -2.21. The normalized spacial score (nSPS) is 12.6. The lowest BCUT2D eigenvalue weighted by Gasteiger charge is -2.18. The van der Waals surface area contributed by atoms with Crippen LogP contribution in [0.5, 0.6) is 5.75 Å². The van der Waals surface area contributed by atoms with Crippen molar-refractivity contribution < 1.29 is 9.47 Å². The number of methoxy groups -OCH3 is 1. The summed E-state index contributed by atoms with van der Waals surface area (Å²) in [4.78, 5) is 4.81. The molecule has 0 aliphatic rings. The van der Waals surface area contributed by atoms with E-state index < -0.39 is 0 Å². The molecule has 0 saturated heterocycles. The topological polar surface area (TPSA) is 49.2 Å². The van der Waals surface area contributed by atoms with Crippen LogP contribution in [0.25, 0.3) is 16.7 Å². The third-order valence-electron chi connectivity index (χ3n) is 4.85. The summed E-state index contributed by atoms with van der Waals surface area (Å²) in [5.41, 5.74) is 7.38. The standard InChI is InChI=1S/C22H29N3O2/c1-8-18(12-26-7)27-19-11-16(5)23-22-20(19)17(6)24-25(22)21-14(3)9-13(2)10-15(21)4/h9-11,18H,8,12H2,1-7H3. The molecule has 0 aliphatic carbocycles. The lowest BCUT2D eigenvalue weighted by atomic mass is 10.1. The summed E-state index contributed by atoms with van der Waals surface area (Å²) >= 11 is 0. The monoisotopic (exact) mass is 367 g/mol. The molecule has 0 aliphatic heterocycles. The molecule has 5 nitrogen and oxygen atoms in total. The fourth-order valence-electron chi connectivity index (χ4n) is 3.72. The van der Waals surface area contributed by atoms with Crippen LogP contribution in [0.3, 0.4) is 0 Å². The summed E-state index contributed by atoms with van der Waals surface area (Å²) in [6.07, 6.45) is 0.880. The Kier molecular flexibility index (Phi) is 5.51. The number of aromatic nitrogens is 3. The fraction of sp³-hybridized carbons (Fsp3) is 0.455. The SMILES string of the molecule is CCC(COC)Oc1cc(C)nc2c1c(C)nn2-c1c(C)cc(C)cc1C. The highest BCUT2D eigenvalue weighted by Gasteiger charge is 2.20. The van der Waals surface area contributed by atoms with Crippen LogP contribution in [0, 0.1) is 34.6 Å². The first-order valence-electron chi connectivity index (χ1n) is 9.46. The highest BCUT2D eigenvalue weighted by molar-refractivity contribution is 5.87. The Bertz CT molecular complexity index is 952. The molecule has 0 amide bonds. The molecule has 5 heteroatoms. The molecule has 27 heavy (non-hydrogen) atoms. The van der Waals surface area contributed by atoms with Crippen molar-refractivity contribution in [3.8, 4) is 11.4 Å². The van der Waals surface area contributed by atoms with Gasteiger partial charge in [0.05, 0.1) is 23.4 Å². The zero-order valence-electron chi connectivity index (χ0n) is 17.4. The molecule has 1 unspecified atom stereocenters. The molecule has 0 fully saturated rings. The van der Waals surface area contributed by atoms with Crippen LogP contribution >= 0.6 is 0 Å². The molecule has 0 spiro atoms. The molecule has 3 aromatic rings. The van der Waals surface area contributed by atoms with Crippen LogP contribution in [0.15, 0.2) is 18.2 Å². The van der Waals surface area contributed by atoms with Crippen LogP contribution in [0.4, 0.5) is 0 Å². The first-order valence-corrected chi connectivity index (χ1v) is 9.46. The second-order valence-corrected chi connectivity index (χ2v) is 7.31. The van der Waals surface area contributed by atoms with Gasteiger partial charge in [0.25, 0.3) is 0 Å². The zero-order chi connectivity index (χ0) is 19.7. The van der Waals surface area contributed by atoms with Gasteiger partial charge in [0.2, 0.25) is 0 Å². The van der Waals surface area contributed by atoms with Crippen LogP contribution in [-0.4, -0.2) is 34.6 Å². The van der Waals surface area contributed by atoms with E-state index in [0.29, 0.717) is 6.61 Å². The van der Waals surface area contributed by atoms with Crippen LogP contribution < -0.4 is 4.74 Å². The number of ether oxygens (including phenoxy) is 2. The third-order valence-corrected chi connectivity index (χ3v) is 4.85. The van der Waals surface area contributed by atoms with E-state index in [1.807, 2.05) is 24.6 Å². The summed E-state index contributed by atoms with van der Waals surface area (Å²) < 4.78 is 13.5. The van der Waals surface area contributed by atoms with E-state index in [1.165, 1.54) is 16.7 Å². The summed E-state index contributed by atoms with van der Waals surface area (Å²) in [7, 11) is 1.70. The van der Waals surface area contributed by atoms with E-state index in [2.05, 4.69) is 39.8 Å². The molecular formula is C22H29N3O2. The number of fused-ring (bicyclic) bond motifs is 1. The van der Waals surface area contributed by atoms with E-state index in [4.69, 9.17) is 19.6 Å². The average Bonchev–Trinajstić information content (AvgIpc) is 2.90. The zero-order valence-corrected chi connectivity index (χ0v) is 17.4. The molecule has 1 aromatic carbocycles. The minimum atomic E-state index is 0.00518. The molecule has 0 bridgehead atoms. The highest BCUT2D eigenvalue weighted by Crippen LogP contribution is 2.33. The van der Waals surface area contributed by atoms with Gasteiger partial charge < -0.3 is 9.47 Å². The van der Waals surface area contributed by atoms with Gasteiger partial charge in [-0.05, 0) is 52.2 Å². The van der Waals surface area contributed by atoms with Gasteiger partial charge in [0.15, 0.2) is 5.65 Å². The summed E-state index contributed by atoms with van der Waals surface area (Å²) in [5.74, 6) is 0.826. The van der Waals surface area contributed by atoms with E-state index in [-0.39, 0.29) is 6.10 Å². The summed E-state index contributed by atoms with van der Waals surface area (Å²) in [6, 6.07) is 6.36. The van der Waals surface area contributed by atoms with Crippen molar-refractivity contribution in [2.45, 2.75) is 54.1 Å². The van der Waals surface area contributed by atoms with Crippen molar-refractivity contribution >= 4 is 11.0 Å². The molecule has 1 atom stereocenters. The number of rotatable bonds is 6. The first kappa shape index (κ1) is 19.4. The van der Waals surface area contributed by atoms with Gasteiger partial charge in [-0.15, -0.1) is 0 Å². The molecule has 3 rings (SSSR count). The van der Waals surface area contributed by atoms with Crippen molar-refractivity contribution in [3.05, 3.63) is 46.3 Å². The minimum absolute atomic E-state index is 0.00518. The lowest BCUT2D eigenvalue weighted by molar-refractivity contribution is 0.0797. The Balaban J connectivity index is 2.21. The van der Waals surface area contributed by atoms with Crippen molar-refractivity contribution in [2.24, 2.45) is 0 Å². The maximum Gasteiger partial charge on any atom is 0.167 e. The molecule has 0 N–H and O–H groups in total. The number of aryl methyl sites for hydroxylation is 5. The Morgan fingerprint density at radius 2 is 1.70 bits per heavy atom. The van der Waals surface area contributed by atoms with Gasteiger partial charge in [-0.2, -0.15) is 5.10 Å². The second-order valence-electron chi connectivity index (χ2n) is 7.31. The van der Waals surface area contributed by atoms with Gasteiger partial charge in [0.1, 0.15) is 11.9 Å². The van der Waals surface area contributed by atoms with Gasteiger partial charge in [-0.25, -0.2) is 9.67 Å². The predicted molar refractivity (Wildman–Crippen MR) is 109 cm³/mol. The number of pyridine rings is 1. The van der Waals surface area contributed by atoms with Crippen molar-refractivity contribution in [1.29, 1.82) is 0 Å². The summed E-state index contributed by atoms with van der Waals surface area (Å²) in [6.45, 7) is 13.0. The van der Waals surface area contributed by atoms with E-state index in [0.717, 1.165) is 40.3 Å². The van der Waals surface area contributed by atoms with Crippen molar-refractivity contribution in [1.82, 2.24) is 14.8 Å². The molecule has 144 valence electrons. The van der Waals surface area contributed by atoms with Crippen LogP contribution in [0.1, 0.15) is 41.4 Å². The molecule has 0 saturated carbocycles. The fourth-order valence-corrected chi connectivity index (χ4v) is 3.72. The Morgan fingerprint density at radius 1 is 1.04 bits per heavy atom. The average molecular weight is 367 g/mol. The maximum absolute atomic E-state index is 6.29. The van der Waals surface area contributed by atoms with Crippen LogP contribution in [-0.2, 0) is 4.74 Å². The van der Waals surface area contributed by atoms with E-state index >= 15 is 0 Å². The third kappa shape index (κ3) is 3.69. The van der Waals surface area contributed by atoms with Gasteiger partial charge >= 0.3 is 0 Å².